The maximum absolute atomic E-state index is 10.7. The van der Waals surface area contributed by atoms with Crippen molar-refractivity contribution in [2.45, 2.75) is 18.6 Å². The summed E-state index contributed by atoms with van der Waals surface area (Å²) in [6.45, 7) is 3.63. The van der Waals surface area contributed by atoms with Crippen molar-refractivity contribution in [1.29, 1.82) is 0 Å². The fourth-order valence-electron chi connectivity index (χ4n) is 1.19. The van der Waals surface area contributed by atoms with E-state index in [1.165, 1.54) is 0 Å². The lowest BCUT2D eigenvalue weighted by atomic mass is 10.2. The first-order chi connectivity index (χ1) is 6.13. The van der Waals surface area contributed by atoms with Gasteiger partial charge in [0.25, 0.3) is 0 Å². The molecule has 0 radical (unpaired) electrons. The Bertz CT molecular complexity index is 238. The van der Waals surface area contributed by atoms with E-state index in [0.717, 1.165) is 6.08 Å². The highest BCUT2D eigenvalue weighted by molar-refractivity contribution is 5.81. The number of carbonyl (C=O) groups is 2. The smallest absolute Gasteiger partial charge is 0.330 e. The van der Waals surface area contributed by atoms with E-state index in [4.69, 9.17) is 9.84 Å². The van der Waals surface area contributed by atoms with Gasteiger partial charge in [-0.1, -0.05) is 6.58 Å². The minimum absolute atomic E-state index is 0.314. The van der Waals surface area contributed by atoms with Crippen molar-refractivity contribution < 1.29 is 19.4 Å². The summed E-state index contributed by atoms with van der Waals surface area (Å²) in [5, 5.41) is 11.3. The van der Waals surface area contributed by atoms with E-state index in [2.05, 4.69) is 11.9 Å². The second kappa shape index (κ2) is 4.04. The van der Waals surface area contributed by atoms with Crippen molar-refractivity contribution in [3.63, 3.8) is 0 Å². The largest absolute Gasteiger partial charge is 0.480 e. The number of carboxylic acid groups (broad SMARTS) is 1. The van der Waals surface area contributed by atoms with Gasteiger partial charge < -0.3 is 15.2 Å². The monoisotopic (exact) mass is 185 g/mol. The van der Waals surface area contributed by atoms with E-state index < -0.39 is 18.0 Å². The second-order valence-corrected chi connectivity index (χ2v) is 2.80. The van der Waals surface area contributed by atoms with Crippen molar-refractivity contribution in [2.24, 2.45) is 0 Å². The molecule has 0 amide bonds. The van der Waals surface area contributed by atoms with Gasteiger partial charge in [0.05, 0.1) is 0 Å². The molecule has 0 saturated carbocycles. The van der Waals surface area contributed by atoms with E-state index in [9.17, 15) is 9.59 Å². The molecular weight excluding hydrogens is 174 g/mol. The zero-order valence-electron chi connectivity index (χ0n) is 7.03. The van der Waals surface area contributed by atoms with Gasteiger partial charge in [-0.2, -0.15) is 0 Å². The van der Waals surface area contributed by atoms with Crippen molar-refractivity contribution >= 4 is 11.9 Å². The molecule has 0 aromatic rings. The molecule has 0 aromatic carbocycles. The number of ether oxygens (including phenoxy) is 1. The van der Waals surface area contributed by atoms with Gasteiger partial charge in [0, 0.05) is 19.0 Å². The Morgan fingerprint density at radius 1 is 1.62 bits per heavy atom. The standard InChI is InChI=1S/C8H11NO4/c1-2-7(10)13-5-3-6(8(11)12)9-4-5/h2,5-6,9H,1,3-4H2,(H,11,12)/t5-,6-/m1/s1. The van der Waals surface area contributed by atoms with Crippen LogP contribution >= 0.6 is 0 Å². The maximum atomic E-state index is 10.7. The lowest BCUT2D eigenvalue weighted by Crippen LogP contribution is -2.30. The third-order valence-electron chi connectivity index (χ3n) is 1.84. The number of nitrogens with one attached hydrogen (secondary N) is 1. The Hall–Kier alpha value is -1.36. The molecule has 1 aliphatic heterocycles. The van der Waals surface area contributed by atoms with Gasteiger partial charge in [0.15, 0.2) is 0 Å². The third kappa shape index (κ3) is 2.55. The van der Waals surface area contributed by atoms with Crippen LogP contribution in [0.3, 0.4) is 0 Å². The number of carboxylic acids is 1. The van der Waals surface area contributed by atoms with Gasteiger partial charge in [0.1, 0.15) is 12.1 Å². The Kier molecular flexibility index (Phi) is 3.02. The summed E-state index contributed by atoms with van der Waals surface area (Å²) in [5.41, 5.74) is 0. The summed E-state index contributed by atoms with van der Waals surface area (Å²) in [7, 11) is 0. The molecule has 2 N–H and O–H groups in total. The Morgan fingerprint density at radius 3 is 2.77 bits per heavy atom. The summed E-state index contributed by atoms with van der Waals surface area (Å²) < 4.78 is 4.86. The van der Waals surface area contributed by atoms with Crippen molar-refractivity contribution in [2.75, 3.05) is 6.54 Å². The molecule has 0 bridgehead atoms. The fraction of sp³-hybridized carbons (Fsp3) is 0.500. The summed E-state index contributed by atoms with van der Waals surface area (Å²) in [6, 6.07) is -0.609. The second-order valence-electron chi connectivity index (χ2n) is 2.80. The molecule has 0 unspecified atom stereocenters. The maximum Gasteiger partial charge on any atom is 0.330 e. The molecule has 72 valence electrons. The molecule has 1 rings (SSSR count). The highest BCUT2D eigenvalue weighted by Gasteiger charge is 2.30. The summed E-state index contributed by atoms with van der Waals surface area (Å²) >= 11 is 0. The number of carbonyl (C=O) groups excluding carboxylic acids is 1. The van der Waals surface area contributed by atoms with E-state index in [-0.39, 0.29) is 6.10 Å². The molecule has 13 heavy (non-hydrogen) atoms. The summed E-state index contributed by atoms with van der Waals surface area (Å²) in [5.74, 6) is -1.44. The Morgan fingerprint density at radius 2 is 2.31 bits per heavy atom. The molecule has 1 heterocycles. The average molecular weight is 185 g/mol. The minimum Gasteiger partial charge on any atom is -0.480 e. The number of aliphatic carboxylic acids is 1. The molecule has 5 heteroatoms. The van der Waals surface area contributed by atoms with Crippen molar-refractivity contribution in [3.8, 4) is 0 Å². The lowest BCUT2D eigenvalue weighted by Gasteiger charge is -2.07. The molecule has 5 nitrogen and oxygen atoms in total. The van der Waals surface area contributed by atoms with Crippen LogP contribution in [0.4, 0.5) is 0 Å². The number of hydrogen-bond donors (Lipinski definition) is 2. The highest BCUT2D eigenvalue weighted by Crippen LogP contribution is 2.10. The van der Waals surface area contributed by atoms with E-state index in [1.807, 2.05) is 0 Å². The van der Waals surface area contributed by atoms with Crippen molar-refractivity contribution in [1.82, 2.24) is 5.32 Å². The van der Waals surface area contributed by atoms with Crippen LogP contribution < -0.4 is 5.32 Å². The summed E-state index contributed by atoms with van der Waals surface area (Å²) in [4.78, 5) is 21.2. The number of rotatable bonds is 3. The van der Waals surface area contributed by atoms with Gasteiger partial charge in [-0.15, -0.1) is 0 Å². The lowest BCUT2D eigenvalue weighted by molar-refractivity contribution is -0.144. The van der Waals surface area contributed by atoms with Crippen molar-refractivity contribution in [3.05, 3.63) is 12.7 Å². The predicted molar refractivity (Wildman–Crippen MR) is 44.1 cm³/mol. The Labute approximate surface area is 75.4 Å². The normalized spacial score (nSPS) is 26.8. The molecule has 0 aromatic heterocycles. The molecule has 2 atom stereocenters. The van der Waals surface area contributed by atoms with Crippen LogP contribution in [0.25, 0.3) is 0 Å². The molecule has 0 aliphatic carbocycles. The minimum atomic E-state index is -0.919. The van der Waals surface area contributed by atoms with Gasteiger partial charge in [-0.3, -0.25) is 4.79 Å². The quantitative estimate of drug-likeness (QED) is 0.459. The number of hydrogen-bond acceptors (Lipinski definition) is 4. The predicted octanol–water partition coefficient (Wildman–Crippen LogP) is -0.469. The van der Waals surface area contributed by atoms with Crippen LogP contribution in [0.5, 0.6) is 0 Å². The van der Waals surface area contributed by atoms with Gasteiger partial charge in [-0.25, -0.2) is 4.79 Å². The first kappa shape index (κ1) is 9.73. The van der Waals surface area contributed by atoms with Crippen LogP contribution in [0.1, 0.15) is 6.42 Å². The SMILES string of the molecule is C=CC(=O)O[C@H]1CN[C@@H](C(=O)O)C1. The molecular formula is C8H11NO4. The zero-order valence-corrected chi connectivity index (χ0v) is 7.03. The van der Waals surface area contributed by atoms with Crippen LogP contribution in [-0.4, -0.2) is 35.7 Å². The Balaban J connectivity index is 2.37. The summed E-state index contributed by atoms with van der Waals surface area (Å²) in [6.07, 6.45) is 1.02. The van der Waals surface area contributed by atoms with Gasteiger partial charge >= 0.3 is 11.9 Å². The highest BCUT2D eigenvalue weighted by atomic mass is 16.5. The molecule has 1 aliphatic rings. The van der Waals surface area contributed by atoms with Gasteiger partial charge in [-0.05, 0) is 0 Å². The number of esters is 1. The van der Waals surface area contributed by atoms with E-state index >= 15 is 0 Å². The topological polar surface area (TPSA) is 75.6 Å². The van der Waals surface area contributed by atoms with Crippen LogP contribution in [0.15, 0.2) is 12.7 Å². The van der Waals surface area contributed by atoms with E-state index in [0.29, 0.717) is 13.0 Å². The molecule has 0 spiro atoms. The van der Waals surface area contributed by atoms with E-state index in [1.54, 1.807) is 0 Å². The third-order valence-corrected chi connectivity index (χ3v) is 1.84. The van der Waals surface area contributed by atoms with Crippen LogP contribution in [0.2, 0.25) is 0 Å². The average Bonchev–Trinajstić information content (AvgIpc) is 2.52. The first-order valence-electron chi connectivity index (χ1n) is 3.92. The zero-order chi connectivity index (χ0) is 9.84. The first-order valence-corrected chi connectivity index (χ1v) is 3.92. The van der Waals surface area contributed by atoms with Gasteiger partial charge in [0.2, 0.25) is 0 Å². The van der Waals surface area contributed by atoms with Crippen LogP contribution in [-0.2, 0) is 14.3 Å². The molecule has 1 fully saturated rings. The molecule has 1 saturated heterocycles. The fourth-order valence-corrected chi connectivity index (χ4v) is 1.19. The van der Waals surface area contributed by atoms with Crippen LogP contribution in [0, 0.1) is 0 Å².